The molecule has 4 nitrogen and oxygen atoms in total. The topological polar surface area (TPSA) is 66.4 Å². The summed E-state index contributed by atoms with van der Waals surface area (Å²) in [5, 5.41) is 12.3. The van der Waals surface area contributed by atoms with Crippen LogP contribution in [0.25, 0.3) is 0 Å². The number of nitrogens with one attached hydrogen (secondary N) is 1. The molecule has 2 N–H and O–H groups in total. The van der Waals surface area contributed by atoms with E-state index in [2.05, 4.69) is 12.2 Å². The molecule has 1 fully saturated rings. The van der Waals surface area contributed by atoms with Crippen LogP contribution in [0.5, 0.6) is 0 Å². The fraction of sp³-hybridized carbons (Fsp3) is 0.556. The third kappa shape index (κ3) is 4.33. The van der Waals surface area contributed by atoms with E-state index in [1.54, 1.807) is 18.2 Å². The lowest BCUT2D eigenvalue weighted by atomic mass is 9.83. The summed E-state index contributed by atoms with van der Waals surface area (Å²) in [6, 6.07) is 7.19. The van der Waals surface area contributed by atoms with Crippen LogP contribution < -0.4 is 5.32 Å². The second-order valence-electron chi connectivity index (χ2n) is 6.09. The monoisotopic (exact) mass is 303 g/mol. The summed E-state index contributed by atoms with van der Waals surface area (Å²) in [5.41, 5.74) is 1.01. The van der Waals surface area contributed by atoms with Crippen LogP contribution in [0.1, 0.15) is 61.4 Å². The zero-order chi connectivity index (χ0) is 15.9. The molecule has 1 aliphatic carbocycles. The van der Waals surface area contributed by atoms with E-state index < -0.39 is 5.97 Å². The van der Waals surface area contributed by atoms with Gasteiger partial charge in [0.15, 0.2) is 0 Å². The van der Waals surface area contributed by atoms with Gasteiger partial charge in [0.2, 0.25) is 5.91 Å². The summed E-state index contributed by atoms with van der Waals surface area (Å²) in [6.07, 6.45) is 6.63. The van der Waals surface area contributed by atoms with Gasteiger partial charge in [-0.15, -0.1) is 0 Å². The number of carboxylic acid groups (broad SMARTS) is 1. The Morgan fingerprint density at radius 3 is 2.68 bits per heavy atom. The Labute approximate surface area is 131 Å². The molecule has 0 saturated heterocycles. The van der Waals surface area contributed by atoms with Gasteiger partial charge in [0.1, 0.15) is 0 Å². The van der Waals surface area contributed by atoms with Gasteiger partial charge in [-0.05, 0) is 36.8 Å². The fourth-order valence-corrected chi connectivity index (χ4v) is 3.36. The van der Waals surface area contributed by atoms with E-state index in [4.69, 9.17) is 5.11 Å². The summed E-state index contributed by atoms with van der Waals surface area (Å²) in [5.74, 6) is -0.316. The van der Waals surface area contributed by atoms with Gasteiger partial charge in [0.25, 0.3) is 0 Å². The molecular formula is C18H25NO3. The van der Waals surface area contributed by atoms with Crippen LogP contribution >= 0.6 is 0 Å². The number of carbonyl (C=O) groups excluding carboxylic acids is 1. The van der Waals surface area contributed by atoms with Crippen molar-refractivity contribution in [1.82, 2.24) is 5.32 Å². The lowest BCUT2D eigenvalue weighted by Gasteiger charge is -2.31. The Bertz CT molecular complexity index is 527. The number of carboxylic acids is 1. The number of hydrogen-bond acceptors (Lipinski definition) is 2. The number of amides is 1. The maximum atomic E-state index is 12.2. The minimum atomic E-state index is -0.936. The molecule has 0 spiro atoms. The number of rotatable bonds is 6. The van der Waals surface area contributed by atoms with Crippen LogP contribution in [-0.4, -0.2) is 23.0 Å². The molecule has 22 heavy (non-hydrogen) atoms. The molecule has 0 bridgehead atoms. The van der Waals surface area contributed by atoms with Gasteiger partial charge in [-0.25, -0.2) is 4.79 Å². The molecule has 1 amide bonds. The van der Waals surface area contributed by atoms with Crippen LogP contribution in [-0.2, 0) is 11.2 Å². The lowest BCUT2D eigenvalue weighted by Crippen LogP contribution is -2.42. The van der Waals surface area contributed by atoms with Gasteiger partial charge in [-0.1, -0.05) is 44.4 Å². The highest BCUT2D eigenvalue weighted by Crippen LogP contribution is 2.26. The average Bonchev–Trinajstić information content (AvgIpc) is 2.53. The minimum Gasteiger partial charge on any atom is -0.478 e. The molecule has 120 valence electrons. The second kappa shape index (κ2) is 7.97. The first-order valence-corrected chi connectivity index (χ1v) is 8.22. The second-order valence-corrected chi connectivity index (χ2v) is 6.09. The molecule has 4 heteroatoms. The summed E-state index contributed by atoms with van der Waals surface area (Å²) in [7, 11) is 0. The zero-order valence-electron chi connectivity index (χ0n) is 13.2. The molecule has 2 rings (SSSR count). The number of hydrogen-bond donors (Lipinski definition) is 2. The van der Waals surface area contributed by atoms with E-state index in [1.165, 1.54) is 19.3 Å². The molecule has 0 aromatic heterocycles. The SMILES string of the molecule is CCC1CCCCC1NC(=O)CCc1ccccc1C(=O)O. The third-order valence-electron chi connectivity index (χ3n) is 4.65. The Kier molecular flexibility index (Phi) is 5.99. The van der Waals surface area contributed by atoms with E-state index in [-0.39, 0.29) is 5.91 Å². The van der Waals surface area contributed by atoms with Crippen molar-refractivity contribution in [1.29, 1.82) is 0 Å². The smallest absolute Gasteiger partial charge is 0.335 e. The molecule has 1 aliphatic rings. The van der Waals surface area contributed by atoms with Crippen molar-refractivity contribution in [2.75, 3.05) is 0 Å². The predicted molar refractivity (Wildman–Crippen MR) is 85.9 cm³/mol. The van der Waals surface area contributed by atoms with Crippen molar-refractivity contribution < 1.29 is 14.7 Å². The van der Waals surface area contributed by atoms with Crippen LogP contribution in [0.3, 0.4) is 0 Å². The van der Waals surface area contributed by atoms with Crippen molar-refractivity contribution in [3.05, 3.63) is 35.4 Å². The summed E-state index contributed by atoms with van der Waals surface area (Å²) >= 11 is 0. The van der Waals surface area contributed by atoms with E-state index in [9.17, 15) is 9.59 Å². The average molecular weight is 303 g/mol. The molecule has 1 aromatic rings. The van der Waals surface area contributed by atoms with Crippen molar-refractivity contribution in [3.63, 3.8) is 0 Å². The van der Waals surface area contributed by atoms with Gasteiger partial charge >= 0.3 is 5.97 Å². The van der Waals surface area contributed by atoms with Crippen molar-refractivity contribution in [2.45, 2.75) is 57.9 Å². The first-order chi connectivity index (χ1) is 10.6. The molecular weight excluding hydrogens is 278 g/mol. The number of carbonyl (C=O) groups is 2. The Morgan fingerprint density at radius 1 is 1.23 bits per heavy atom. The molecule has 0 radical (unpaired) electrons. The van der Waals surface area contributed by atoms with E-state index in [0.717, 1.165) is 18.4 Å². The largest absolute Gasteiger partial charge is 0.478 e. The minimum absolute atomic E-state index is 0.0329. The molecule has 1 aromatic carbocycles. The van der Waals surface area contributed by atoms with Gasteiger partial charge < -0.3 is 10.4 Å². The lowest BCUT2D eigenvalue weighted by molar-refractivity contribution is -0.122. The Morgan fingerprint density at radius 2 is 1.95 bits per heavy atom. The van der Waals surface area contributed by atoms with Crippen molar-refractivity contribution in [2.24, 2.45) is 5.92 Å². The first-order valence-electron chi connectivity index (χ1n) is 8.22. The van der Waals surface area contributed by atoms with Gasteiger partial charge in [-0.3, -0.25) is 4.79 Å². The summed E-state index contributed by atoms with van der Waals surface area (Å²) < 4.78 is 0. The maximum absolute atomic E-state index is 12.2. The predicted octanol–water partition coefficient (Wildman–Crippen LogP) is 3.40. The quantitative estimate of drug-likeness (QED) is 0.846. The molecule has 2 atom stereocenters. The van der Waals surface area contributed by atoms with Crippen LogP contribution in [0.15, 0.2) is 24.3 Å². The molecule has 1 saturated carbocycles. The van der Waals surface area contributed by atoms with E-state index in [0.29, 0.717) is 30.4 Å². The highest BCUT2D eigenvalue weighted by molar-refractivity contribution is 5.89. The van der Waals surface area contributed by atoms with E-state index >= 15 is 0 Å². The van der Waals surface area contributed by atoms with Gasteiger partial charge in [0, 0.05) is 12.5 Å². The van der Waals surface area contributed by atoms with Gasteiger partial charge in [0.05, 0.1) is 5.56 Å². The zero-order valence-corrected chi connectivity index (χ0v) is 13.2. The number of aromatic carboxylic acids is 1. The van der Waals surface area contributed by atoms with Crippen molar-refractivity contribution in [3.8, 4) is 0 Å². The normalized spacial score (nSPS) is 21.3. The van der Waals surface area contributed by atoms with E-state index in [1.807, 2.05) is 6.07 Å². The highest BCUT2D eigenvalue weighted by atomic mass is 16.4. The van der Waals surface area contributed by atoms with Crippen LogP contribution in [0.2, 0.25) is 0 Å². The number of aryl methyl sites for hydroxylation is 1. The van der Waals surface area contributed by atoms with Crippen LogP contribution in [0, 0.1) is 5.92 Å². The summed E-state index contributed by atoms with van der Waals surface area (Å²) in [6.45, 7) is 2.18. The van der Waals surface area contributed by atoms with Gasteiger partial charge in [-0.2, -0.15) is 0 Å². The molecule has 0 heterocycles. The number of benzene rings is 1. The Balaban J connectivity index is 1.89. The highest BCUT2D eigenvalue weighted by Gasteiger charge is 2.24. The third-order valence-corrected chi connectivity index (χ3v) is 4.65. The van der Waals surface area contributed by atoms with Crippen molar-refractivity contribution >= 4 is 11.9 Å². The molecule has 0 aliphatic heterocycles. The first kappa shape index (κ1) is 16.5. The van der Waals surface area contributed by atoms with Crippen LogP contribution in [0.4, 0.5) is 0 Å². The standard InChI is InChI=1S/C18H25NO3/c1-2-13-7-4-6-10-16(13)19-17(20)12-11-14-8-3-5-9-15(14)18(21)22/h3,5,8-9,13,16H,2,4,6-7,10-12H2,1H3,(H,19,20)(H,21,22). The maximum Gasteiger partial charge on any atom is 0.335 e. The fourth-order valence-electron chi connectivity index (χ4n) is 3.36. The molecule has 2 unspecified atom stereocenters. The Hall–Kier alpha value is -1.84. The summed E-state index contributed by atoms with van der Waals surface area (Å²) in [4.78, 5) is 23.3.